The van der Waals surface area contributed by atoms with E-state index in [9.17, 15) is 0 Å². The molecular formula is C15H19N3. The maximum atomic E-state index is 6.05. The minimum absolute atomic E-state index is 0.290. The number of nitrogens with zero attached hydrogens (tertiary/aromatic N) is 2. The molecule has 2 heterocycles. The highest BCUT2D eigenvalue weighted by Crippen LogP contribution is 2.27. The van der Waals surface area contributed by atoms with Crippen molar-refractivity contribution in [2.75, 3.05) is 0 Å². The van der Waals surface area contributed by atoms with Gasteiger partial charge in [-0.15, -0.1) is 0 Å². The third kappa shape index (κ3) is 1.85. The first kappa shape index (κ1) is 11.5. The summed E-state index contributed by atoms with van der Waals surface area (Å²) >= 11 is 0. The molecule has 0 saturated carbocycles. The Morgan fingerprint density at radius 1 is 1.33 bits per heavy atom. The Balaban J connectivity index is 2.11. The molecule has 2 aromatic rings. The molecule has 0 spiro atoms. The highest BCUT2D eigenvalue weighted by atomic mass is 15.1. The lowest BCUT2D eigenvalue weighted by atomic mass is 10.0. The Morgan fingerprint density at radius 3 is 2.94 bits per heavy atom. The smallest absolute Gasteiger partial charge is 0.140 e. The molecule has 0 aliphatic carbocycles. The molecule has 1 aromatic carbocycles. The number of hydrogen-bond acceptors (Lipinski definition) is 2. The van der Waals surface area contributed by atoms with Crippen molar-refractivity contribution in [2.24, 2.45) is 5.73 Å². The molecule has 0 radical (unpaired) electrons. The van der Waals surface area contributed by atoms with Crippen LogP contribution in [0.4, 0.5) is 0 Å². The lowest BCUT2D eigenvalue weighted by Gasteiger charge is -2.22. The normalized spacial score (nSPS) is 18.7. The molecule has 18 heavy (non-hydrogen) atoms. The molecule has 1 aromatic heterocycles. The first-order chi connectivity index (χ1) is 8.65. The van der Waals surface area contributed by atoms with E-state index >= 15 is 0 Å². The Morgan fingerprint density at radius 2 is 2.17 bits per heavy atom. The number of hydrogen-bond donors (Lipinski definition) is 1. The van der Waals surface area contributed by atoms with Gasteiger partial charge >= 0.3 is 0 Å². The maximum Gasteiger partial charge on any atom is 0.140 e. The van der Waals surface area contributed by atoms with Gasteiger partial charge in [0, 0.05) is 30.3 Å². The summed E-state index contributed by atoms with van der Waals surface area (Å²) in [5, 5.41) is 0. The van der Waals surface area contributed by atoms with Gasteiger partial charge in [-0.05, 0) is 26.3 Å². The highest BCUT2D eigenvalue weighted by Gasteiger charge is 2.22. The molecule has 0 fully saturated rings. The number of aromatic nitrogens is 2. The number of imidazole rings is 1. The molecule has 0 bridgehead atoms. The van der Waals surface area contributed by atoms with Crippen molar-refractivity contribution in [3.05, 3.63) is 41.2 Å². The molecular weight excluding hydrogens is 222 g/mol. The lowest BCUT2D eigenvalue weighted by Crippen LogP contribution is -2.31. The predicted molar refractivity (Wildman–Crippen MR) is 73.4 cm³/mol. The van der Waals surface area contributed by atoms with Crippen LogP contribution in [0.15, 0.2) is 24.3 Å². The van der Waals surface area contributed by atoms with Gasteiger partial charge in [0.25, 0.3) is 0 Å². The van der Waals surface area contributed by atoms with Gasteiger partial charge in [-0.2, -0.15) is 0 Å². The zero-order valence-corrected chi connectivity index (χ0v) is 11.0. The molecule has 3 heteroatoms. The van der Waals surface area contributed by atoms with E-state index in [4.69, 9.17) is 10.7 Å². The van der Waals surface area contributed by atoms with Gasteiger partial charge in [-0.1, -0.05) is 23.8 Å². The van der Waals surface area contributed by atoms with Crippen LogP contribution in [0, 0.1) is 13.8 Å². The fourth-order valence-electron chi connectivity index (χ4n) is 2.76. The molecule has 1 atom stereocenters. The number of aryl methyl sites for hydroxylation is 2. The van der Waals surface area contributed by atoms with Crippen LogP contribution < -0.4 is 5.73 Å². The van der Waals surface area contributed by atoms with E-state index in [0.29, 0.717) is 6.04 Å². The van der Waals surface area contributed by atoms with Crippen LogP contribution in [0.1, 0.15) is 23.4 Å². The zero-order valence-electron chi connectivity index (χ0n) is 11.0. The quantitative estimate of drug-likeness (QED) is 0.833. The summed E-state index contributed by atoms with van der Waals surface area (Å²) in [5.41, 5.74) is 11.0. The maximum absolute atomic E-state index is 6.05. The Kier molecular flexibility index (Phi) is 2.71. The second-order valence-corrected chi connectivity index (χ2v) is 5.24. The number of benzene rings is 1. The summed E-state index contributed by atoms with van der Waals surface area (Å²) in [6, 6.07) is 8.83. The van der Waals surface area contributed by atoms with Crippen LogP contribution in [0.2, 0.25) is 0 Å². The van der Waals surface area contributed by atoms with Gasteiger partial charge in [0.1, 0.15) is 5.82 Å². The molecule has 1 unspecified atom stereocenters. The Labute approximate surface area is 108 Å². The van der Waals surface area contributed by atoms with E-state index in [1.165, 1.54) is 16.8 Å². The lowest BCUT2D eigenvalue weighted by molar-refractivity contribution is 0.473. The molecule has 2 N–H and O–H groups in total. The van der Waals surface area contributed by atoms with Crippen LogP contribution in [0.5, 0.6) is 0 Å². The summed E-state index contributed by atoms with van der Waals surface area (Å²) in [7, 11) is 0. The van der Waals surface area contributed by atoms with Crippen molar-refractivity contribution in [1.82, 2.24) is 9.55 Å². The third-order valence-electron chi connectivity index (χ3n) is 3.73. The van der Waals surface area contributed by atoms with Crippen LogP contribution in [-0.2, 0) is 13.0 Å². The van der Waals surface area contributed by atoms with Crippen molar-refractivity contribution < 1.29 is 0 Å². The summed E-state index contributed by atoms with van der Waals surface area (Å²) in [5.74, 6) is 1.10. The van der Waals surface area contributed by atoms with Crippen molar-refractivity contribution >= 4 is 0 Å². The number of fused-ring (bicyclic) bond motifs is 1. The largest absolute Gasteiger partial charge is 0.328 e. The standard InChI is InChI=1S/C15H19N3/c1-10-4-3-5-12(8-10)15-17-11(2)14-9-13(16)6-7-18(14)15/h3-5,8,13H,6-7,9,16H2,1-2H3. The summed E-state index contributed by atoms with van der Waals surface area (Å²) in [4.78, 5) is 4.75. The highest BCUT2D eigenvalue weighted by molar-refractivity contribution is 5.58. The van der Waals surface area contributed by atoms with Crippen molar-refractivity contribution in [1.29, 1.82) is 0 Å². The average Bonchev–Trinajstić information content (AvgIpc) is 2.67. The molecule has 0 saturated heterocycles. The van der Waals surface area contributed by atoms with Crippen LogP contribution >= 0.6 is 0 Å². The first-order valence-electron chi connectivity index (χ1n) is 6.54. The molecule has 0 amide bonds. The van der Waals surface area contributed by atoms with Gasteiger partial charge in [0.05, 0.1) is 5.69 Å². The molecule has 94 valence electrons. The summed E-state index contributed by atoms with van der Waals surface area (Å²) in [6.45, 7) is 5.19. The van der Waals surface area contributed by atoms with E-state index < -0.39 is 0 Å². The monoisotopic (exact) mass is 241 g/mol. The molecule has 3 nitrogen and oxygen atoms in total. The molecule has 1 aliphatic heterocycles. The SMILES string of the molecule is Cc1cccc(-c2nc(C)c3n2CCC(N)C3)c1. The van der Waals surface area contributed by atoms with Crippen molar-refractivity contribution in [2.45, 2.75) is 39.3 Å². The second-order valence-electron chi connectivity index (χ2n) is 5.24. The van der Waals surface area contributed by atoms with E-state index in [1.54, 1.807) is 0 Å². The van der Waals surface area contributed by atoms with Crippen LogP contribution in [0.25, 0.3) is 11.4 Å². The zero-order chi connectivity index (χ0) is 12.7. The predicted octanol–water partition coefficient (Wildman–Crippen LogP) is 2.44. The van der Waals surface area contributed by atoms with Crippen LogP contribution in [-0.4, -0.2) is 15.6 Å². The Hall–Kier alpha value is -1.61. The average molecular weight is 241 g/mol. The van der Waals surface area contributed by atoms with Gasteiger partial charge in [-0.3, -0.25) is 0 Å². The van der Waals surface area contributed by atoms with E-state index in [1.807, 2.05) is 0 Å². The van der Waals surface area contributed by atoms with Gasteiger partial charge in [0.2, 0.25) is 0 Å². The van der Waals surface area contributed by atoms with E-state index in [-0.39, 0.29) is 0 Å². The fourth-order valence-corrected chi connectivity index (χ4v) is 2.76. The molecule has 3 rings (SSSR count). The first-order valence-corrected chi connectivity index (χ1v) is 6.54. The third-order valence-corrected chi connectivity index (χ3v) is 3.73. The van der Waals surface area contributed by atoms with Crippen molar-refractivity contribution in [3.8, 4) is 11.4 Å². The second kappa shape index (κ2) is 4.25. The van der Waals surface area contributed by atoms with E-state index in [0.717, 1.165) is 30.9 Å². The molecule has 1 aliphatic rings. The van der Waals surface area contributed by atoms with E-state index in [2.05, 4.69) is 42.7 Å². The number of rotatable bonds is 1. The minimum atomic E-state index is 0.290. The van der Waals surface area contributed by atoms with Crippen molar-refractivity contribution in [3.63, 3.8) is 0 Å². The van der Waals surface area contributed by atoms with Crippen LogP contribution in [0.3, 0.4) is 0 Å². The fraction of sp³-hybridized carbons (Fsp3) is 0.400. The number of nitrogens with two attached hydrogens (primary N) is 1. The van der Waals surface area contributed by atoms with Gasteiger partial charge < -0.3 is 10.3 Å². The summed E-state index contributed by atoms with van der Waals surface area (Å²) < 4.78 is 2.34. The minimum Gasteiger partial charge on any atom is -0.328 e. The Bertz CT molecular complexity index is 583. The topological polar surface area (TPSA) is 43.8 Å². The van der Waals surface area contributed by atoms with Gasteiger partial charge in [0.15, 0.2) is 0 Å². The summed E-state index contributed by atoms with van der Waals surface area (Å²) in [6.07, 6.45) is 1.99. The van der Waals surface area contributed by atoms with Gasteiger partial charge in [-0.25, -0.2) is 4.98 Å².